The summed E-state index contributed by atoms with van der Waals surface area (Å²) in [6.45, 7) is 2.01. The van der Waals surface area contributed by atoms with Crippen molar-refractivity contribution in [2.45, 2.75) is 6.92 Å². The molecule has 0 aliphatic heterocycles. The number of anilines is 1. The zero-order valence-corrected chi connectivity index (χ0v) is 13.1. The van der Waals surface area contributed by atoms with Crippen LogP contribution in [0.4, 0.5) is 5.82 Å². The molecule has 2 aromatic carbocycles. The Labute approximate surface area is 139 Å². The SMILES string of the molecule is Cc1ccc(Oc2cc(NNC=O)nc(-c3ccccc3)n2)cc1. The lowest BCUT2D eigenvalue weighted by molar-refractivity contribution is -0.109. The molecular weight excluding hydrogens is 304 g/mol. The number of carbonyl (C=O) groups excluding carboxylic acids is 1. The summed E-state index contributed by atoms with van der Waals surface area (Å²) in [6.07, 6.45) is 0.533. The van der Waals surface area contributed by atoms with Gasteiger partial charge < -0.3 is 4.74 Å². The van der Waals surface area contributed by atoms with Crippen LogP contribution in [0.15, 0.2) is 60.7 Å². The molecule has 0 atom stereocenters. The zero-order chi connectivity index (χ0) is 16.8. The Balaban J connectivity index is 1.94. The molecule has 0 aliphatic rings. The Bertz CT molecular complexity index is 820. The Kier molecular flexibility index (Phi) is 4.67. The minimum absolute atomic E-state index is 0.378. The summed E-state index contributed by atoms with van der Waals surface area (Å²) in [6, 6.07) is 18.8. The first-order chi connectivity index (χ1) is 11.7. The summed E-state index contributed by atoms with van der Waals surface area (Å²) < 4.78 is 5.81. The van der Waals surface area contributed by atoms with E-state index in [0.29, 0.717) is 29.7 Å². The molecule has 3 aromatic rings. The molecule has 0 aliphatic carbocycles. The van der Waals surface area contributed by atoms with E-state index in [1.165, 1.54) is 0 Å². The Morgan fingerprint density at radius 1 is 1.00 bits per heavy atom. The maximum atomic E-state index is 10.5. The van der Waals surface area contributed by atoms with Crippen molar-refractivity contribution in [2.24, 2.45) is 0 Å². The van der Waals surface area contributed by atoms with E-state index >= 15 is 0 Å². The molecule has 0 saturated carbocycles. The second-order valence-electron chi connectivity index (χ2n) is 5.08. The highest BCUT2D eigenvalue weighted by Crippen LogP contribution is 2.25. The van der Waals surface area contributed by atoms with E-state index in [9.17, 15) is 4.79 Å². The van der Waals surface area contributed by atoms with Crippen LogP contribution in [-0.4, -0.2) is 16.4 Å². The van der Waals surface area contributed by atoms with Crippen molar-refractivity contribution in [3.8, 4) is 23.0 Å². The molecule has 3 rings (SSSR count). The molecular formula is C18H16N4O2. The average molecular weight is 320 g/mol. The topological polar surface area (TPSA) is 76.1 Å². The standard InChI is InChI=1S/C18H16N4O2/c1-13-7-9-15(10-8-13)24-17-11-16(22-19-12-23)20-18(21-17)14-5-3-2-4-6-14/h2-12H,1H3,(H,19,23)(H,20,21,22). The lowest BCUT2D eigenvalue weighted by Crippen LogP contribution is -2.20. The van der Waals surface area contributed by atoms with Gasteiger partial charge in [0.2, 0.25) is 12.3 Å². The van der Waals surface area contributed by atoms with E-state index in [-0.39, 0.29) is 0 Å². The van der Waals surface area contributed by atoms with Gasteiger partial charge in [-0.2, -0.15) is 4.98 Å². The normalized spacial score (nSPS) is 10.0. The number of amides is 1. The van der Waals surface area contributed by atoms with Crippen LogP contribution in [-0.2, 0) is 4.79 Å². The van der Waals surface area contributed by atoms with Crippen LogP contribution in [0.1, 0.15) is 5.56 Å². The monoisotopic (exact) mass is 320 g/mol. The van der Waals surface area contributed by atoms with Gasteiger partial charge in [0.1, 0.15) is 5.75 Å². The quantitative estimate of drug-likeness (QED) is 0.538. The first-order valence-electron chi connectivity index (χ1n) is 7.39. The zero-order valence-electron chi connectivity index (χ0n) is 13.1. The van der Waals surface area contributed by atoms with Crippen molar-refractivity contribution in [3.63, 3.8) is 0 Å². The smallest absolute Gasteiger partial charge is 0.225 e. The third-order valence-corrected chi connectivity index (χ3v) is 3.24. The van der Waals surface area contributed by atoms with Gasteiger partial charge in [-0.1, -0.05) is 48.0 Å². The molecule has 2 N–H and O–H groups in total. The predicted octanol–water partition coefficient (Wildman–Crippen LogP) is 3.32. The molecule has 1 amide bonds. The Morgan fingerprint density at radius 2 is 1.75 bits per heavy atom. The molecule has 0 radical (unpaired) electrons. The number of aromatic nitrogens is 2. The van der Waals surface area contributed by atoms with Gasteiger partial charge in [-0.15, -0.1) is 0 Å². The fraction of sp³-hybridized carbons (Fsp3) is 0.0556. The minimum atomic E-state index is 0.378. The molecule has 0 fully saturated rings. The fourth-order valence-electron chi connectivity index (χ4n) is 2.09. The predicted molar refractivity (Wildman–Crippen MR) is 91.5 cm³/mol. The summed E-state index contributed by atoms with van der Waals surface area (Å²) in [5.41, 5.74) is 7.05. The maximum Gasteiger partial charge on any atom is 0.225 e. The average Bonchev–Trinajstić information content (AvgIpc) is 2.62. The van der Waals surface area contributed by atoms with E-state index in [0.717, 1.165) is 11.1 Å². The number of hydrazine groups is 1. The van der Waals surface area contributed by atoms with Crippen LogP contribution >= 0.6 is 0 Å². The highest BCUT2D eigenvalue weighted by atomic mass is 16.5. The van der Waals surface area contributed by atoms with Crippen molar-refractivity contribution >= 4 is 12.2 Å². The number of hydrogen-bond acceptors (Lipinski definition) is 5. The van der Waals surface area contributed by atoms with Crippen molar-refractivity contribution < 1.29 is 9.53 Å². The number of hydrogen-bond donors (Lipinski definition) is 2. The number of benzene rings is 2. The third-order valence-electron chi connectivity index (χ3n) is 3.24. The summed E-state index contributed by atoms with van der Waals surface area (Å²) >= 11 is 0. The van der Waals surface area contributed by atoms with E-state index in [1.54, 1.807) is 6.07 Å². The van der Waals surface area contributed by atoms with Gasteiger partial charge in [0.05, 0.1) is 0 Å². The number of aryl methyl sites for hydroxylation is 1. The molecule has 120 valence electrons. The number of nitrogens with one attached hydrogen (secondary N) is 2. The number of nitrogens with zero attached hydrogens (tertiary/aromatic N) is 2. The number of carbonyl (C=O) groups is 1. The third kappa shape index (κ3) is 3.86. The van der Waals surface area contributed by atoms with Crippen LogP contribution in [0.3, 0.4) is 0 Å². The summed E-state index contributed by atoms with van der Waals surface area (Å²) in [4.78, 5) is 19.3. The second kappa shape index (κ2) is 7.23. The highest BCUT2D eigenvalue weighted by Gasteiger charge is 2.08. The van der Waals surface area contributed by atoms with Crippen LogP contribution < -0.4 is 15.6 Å². The van der Waals surface area contributed by atoms with Crippen LogP contribution in [0.25, 0.3) is 11.4 Å². The molecule has 1 aromatic heterocycles. The Morgan fingerprint density at radius 3 is 2.46 bits per heavy atom. The highest BCUT2D eigenvalue weighted by molar-refractivity contribution is 5.59. The molecule has 0 bridgehead atoms. The van der Waals surface area contributed by atoms with Crippen molar-refractivity contribution in [3.05, 3.63) is 66.2 Å². The van der Waals surface area contributed by atoms with Crippen molar-refractivity contribution in [1.29, 1.82) is 0 Å². The van der Waals surface area contributed by atoms with Gasteiger partial charge in [0.15, 0.2) is 11.6 Å². The van der Waals surface area contributed by atoms with Crippen LogP contribution in [0.5, 0.6) is 11.6 Å². The molecule has 6 heteroatoms. The van der Waals surface area contributed by atoms with Gasteiger partial charge in [0, 0.05) is 11.6 Å². The summed E-state index contributed by atoms with van der Waals surface area (Å²) in [5, 5.41) is 0. The first-order valence-corrected chi connectivity index (χ1v) is 7.39. The van der Waals surface area contributed by atoms with Gasteiger partial charge in [-0.3, -0.25) is 15.6 Å². The van der Waals surface area contributed by atoms with Crippen molar-refractivity contribution in [1.82, 2.24) is 15.4 Å². The van der Waals surface area contributed by atoms with Crippen LogP contribution in [0.2, 0.25) is 0 Å². The van der Waals surface area contributed by atoms with Gasteiger partial charge in [-0.25, -0.2) is 4.98 Å². The molecule has 6 nitrogen and oxygen atoms in total. The van der Waals surface area contributed by atoms with E-state index < -0.39 is 0 Å². The molecule has 0 unspecified atom stereocenters. The fourth-order valence-corrected chi connectivity index (χ4v) is 2.09. The van der Waals surface area contributed by atoms with E-state index in [1.807, 2.05) is 61.5 Å². The number of ether oxygens (including phenoxy) is 1. The van der Waals surface area contributed by atoms with Gasteiger partial charge in [-0.05, 0) is 19.1 Å². The molecule has 0 spiro atoms. The van der Waals surface area contributed by atoms with Gasteiger partial charge in [0.25, 0.3) is 0 Å². The summed E-state index contributed by atoms with van der Waals surface area (Å²) in [7, 11) is 0. The lowest BCUT2D eigenvalue weighted by Gasteiger charge is -2.10. The second-order valence-corrected chi connectivity index (χ2v) is 5.08. The van der Waals surface area contributed by atoms with Crippen molar-refractivity contribution in [2.75, 3.05) is 5.43 Å². The first kappa shape index (κ1) is 15.5. The van der Waals surface area contributed by atoms with E-state index in [2.05, 4.69) is 20.8 Å². The minimum Gasteiger partial charge on any atom is -0.439 e. The summed E-state index contributed by atoms with van der Waals surface area (Å²) in [5.74, 6) is 1.98. The Hall–Kier alpha value is -3.41. The van der Waals surface area contributed by atoms with E-state index in [4.69, 9.17) is 4.74 Å². The van der Waals surface area contributed by atoms with Crippen LogP contribution in [0, 0.1) is 6.92 Å². The maximum absolute atomic E-state index is 10.5. The van der Waals surface area contributed by atoms with Gasteiger partial charge >= 0.3 is 0 Å². The molecule has 0 saturated heterocycles. The number of rotatable bonds is 6. The lowest BCUT2D eigenvalue weighted by atomic mass is 10.2. The molecule has 24 heavy (non-hydrogen) atoms. The molecule has 1 heterocycles. The largest absolute Gasteiger partial charge is 0.439 e.